The molecule has 2 rings (SSSR count). The SMILES string of the molecule is C=CCCCC(=O)OCC1(NC(=O)C(CC=C)CC(=O)N2CCCC2CO)CCCC1. The fourth-order valence-electron chi connectivity index (χ4n) is 4.57. The van der Waals surface area contributed by atoms with Crippen LogP contribution in [0.25, 0.3) is 0 Å². The van der Waals surface area contributed by atoms with Crippen LogP contribution in [-0.2, 0) is 19.1 Å². The highest BCUT2D eigenvalue weighted by molar-refractivity contribution is 5.86. The number of carbonyl (C=O) groups excluding carboxylic acids is 3. The molecule has 1 saturated carbocycles. The van der Waals surface area contributed by atoms with Gasteiger partial charge in [0.15, 0.2) is 0 Å². The summed E-state index contributed by atoms with van der Waals surface area (Å²) < 4.78 is 5.50. The van der Waals surface area contributed by atoms with Crippen molar-refractivity contribution in [3.8, 4) is 0 Å². The van der Waals surface area contributed by atoms with Crippen molar-refractivity contribution < 1.29 is 24.2 Å². The molecule has 0 bridgehead atoms. The van der Waals surface area contributed by atoms with Gasteiger partial charge in [-0.3, -0.25) is 14.4 Å². The van der Waals surface area contributed by atoms with E-state index in [4.69, 9.17) is 4.74 Å². The summed E-state index contributed by atoms with van der Waals surface area (Å²) in [6.07, 6.45) is 10.8. The maximum atomic E-state index is 13.1. The zero-order valence-electron chi connectivity index (χ0n) is 18.7. The number of esters is 1. The normalized spacial score (nSPS) is 20.8. The molecule has 2 aliphatic rings. The molecule has 0 radical (unpaired) electrons. The monoisotopic (exact) mass is 434 g/mol. The van der Waals surface area contributed by atoms with E-state index >= 15 is 0 Å². The number of hydrogen-bond donors (Lipinski definition) is 2. The highest BCUT2D eigenvalue weighted by Gasteiger charge is 2.39. The predicted molar refractivity (Wildman–Crippen MR) is 119 cm³/mol. The Labute approximate surface area is 185 Å². The highest BCUT2D eigenvalue weighted by Crippen LogP contribution is 2.31. The molecule has 0 aromatic carbocycles. The molecule has 1 saturated heterocycles. The minimum absolute atomic E-state index is 0.0503. The Morgan fingerprint density at radius 2 is 1.94 bits per heavy atom. The fraction of sp³-hybridized carbons (Fsp3) is 0.708. The van der Waals surface area contributed by atoms with E-state index in [9.17, 15) is 19.5 Å². The molecule has 2 amide bonds. The van der Waals surface area contributed by atoms with Gasteiger partial charge in [0.05, 0.1) is 24.1 Å². The topological polar surface area (TPSA) is 95.9 Å². The third kappa shape index (κ3) is 7.49. The van der Waals surface area contributed by atoms with Crippen molar-refractivity contribution in [3.05, 3.63) is 25.3 Å². The Morgan fingerprint density at radius 1 is 1.19 bits per heavy atom. The quantitative estimate of drug-likeness (QED) is 0.264. The largest absolute Gasteiger partial charge is 0.463 e. The van der Waals surface area contributed by atoms with Crippen molar-refractivity contribution >= 4 is 17.8 Å². The van der Waals surface area contributed by atoms with Crippen LogP contribution >= 0.6 is 0 Å². The first kappa shape index (κ1) is 25.1. The van der Waals surface area contributed by atoms with Crippen LogP contribution < -0.4 is 5.32 Å². The van der Waals surface area contributed by atoms with Crippen LogP contribution in [0.1, 0.15) is 70.6 Å². The number of amides is 2. The van der Waals surface area contributed by atoms with Gasteiger partial charge >= 0.3 is 5.97 Å². The number of aliphatic hydroxyl groups is 1. The van der Waals surface area contributed by atoms with E-state index in [1.165, 1.54) is 0 Å². The molecule has 1 heterocycles. The number of nitrogens with one attached hydrogen (secondary N) is 1. The Bertz CT molecular complexity index is 642. The van der Waals surface area contributed by atoms with Gasteiger partial charge in [0.1, 0.15) is 6.61 Å². The molecule has 174 valence electrons. The van der Waals surface area contributed by atoms with Crippen LogP contribution in [0.3, 0.4) is 0 Å². The number of unbranched alkanes of at least 4 members (excludes halogenated alkanes) is 1. The Balaban J connectivity index is 1.96. The lowest BCUT2D eigenvalue weighted by Gasteiger charge is -2.32. The number of nitrogens with zero attached hydrogens (tertiary/aromatic N) is 1. The van der Waals surface area contributed by atoms with Crippen molar-refractivity contribution in [3.63, 3.8) is 0 Å². The summed E-state index contributed by atoms with van der Waals surface area (Å²) in [5, 5.41) is 12.6. The molecule has 1 aliphatic heterocycles. The molecule has 0 aromatic rings. The third-order valence-electron chi connectivity index (χ3n) is 6.40. The lowest BCUT2D eigenvalue weighted by atomic mass is 9.94. The van der Waals surface area contributed by atoms with E-state index in [2.05, 4.69) is 18.5 Å². The molecule has 7 heteroatoms. The molecule has 2 unspecified atom stereocenters. The van der Waals surface area contributed by atoms with Gasteiger partial charge in [-0.1, -0.05) is 25.0 Å². The number of ether oxygens (including phenoxy) is 1. The minimum Gasteiger partial charge on any atom is -0.463 e. The highest BCUT2D eigenvalue weighted by atomic mass is 16.5. The lowest BCUT2D eigenvalue weighted by molar-refractivity contribution is -0.147. The second-order valence-corrected chi connectivity index (χ2v) is 8.81. The van der Waals surface area contributed by atoms with E-state index in [1.807, 2.05) is 0 Å². The van der Waals surface area contributed by atoms with Crippen molar-refractivity contribution in [2.45, 2.75) is 82.2 Å². The zero-order chi connectivity index (χ0) is 22.7. The first-order valence-corrected chi connectivity index (χ1v) is 11.5. The van der Waals surface area contributed by atoms with Gasteiger partial charge in [0, 0.05) is 19.4 Å². The van der Waals surface area contributed by atoms with Gasteiger partial charge in [-0.05, 0) is 44.9 Å². The van der Waals surface area contributed by atoms with E-state index in [-0.39, 0.29) is 43.5 Å². The summed E-state index contributed by atoms with van der Waals surface area (Å²) in [6, 6.07) is -0.151. The zero-order valence-corrected chi connectivity index (χ0v) is 18.7. The van der Waals surface area contributed by atoms with Crippen LogP contribution in [-0.4, -0.2) is 59.1 Å². The summed E-state index contributed by atoms with van der Waals surface area (Å²) in [5.74, 6) is -1.08. The van der Waals surface area contributed by atoms with E-state index in [0.29, 0.717) is 25.8 Å². The summed E-state index contributed by atoms with van der Waals surface area (Å²) in [6.45, 7) is 8.13. The summed E-state index contributed by atoms with van der Waals surface area (Å²) in [4.78, 5) is 39.6. The molecule has 2 atom stereocenters. The maximum absolute atomic E-state index is 13.1. The number of carbonyl (C=O) groups is 3. The van der Waals surface area contributed by atoms with E-state index in [1.54, 1.807) is 17.1 Å². The van der Waals surface area contributed by atoms with Crippen LogP contribution in [0, 0.1) is 5.92 Å². The Hall–Kier alpha value is -2.15. The Morgan fingerprint density at radius 3 is 2.58 bits per heavy atom. The van der Waals surface area contributed by atoms with Gasteiger partial charge in [-0.2, -0.15) is 0 Å². The van der Waals surface area contributed by atoms with Crippen LogP contribution in [0.15, 0.2) is 25.3 Å². The van der Waals surface area contributed by atoms with Crippen LogP contribution in [0.2, 0.25) is 0 Å². The molecule has 31 heavy (non-hydrogen) atoms. The lowest BCUT2D eigenvalue weighted by Crippen LogP contribution is -2.52. The van der Waals surface area contributed by atoms with Crippen molar-refractivity contribution in [2.75, 3.05) is 19.8 Å². The van der Waals surface area contributed by atoms with Gasteiger partial charge in [-0.15, -0.1) is 13.2 Å². The van der Waals surface area contributed by atoms with Gasteiger partial charge in [-0.25, -0.2) is 0 Å². The minimum atomic E-state index is -0.561. The first-order valence-electron chi connectivity index (χ1n) is 11.5. The summed E-state index contributed by atoms with van der Waals surface area (Å²) in [7, 11) is 0. The molecule has 0 aromatic heterocycles. The number of likely N-dealkylation sites (tertiary alicyclic amines) is 1. The van der Waals surface area contributed by atoms with Gasteiger partial charge in [0.2, 0.25) is 11.8 Å². The average molecular weight is 435 g/mol. The second-order valence-electron chi connectivity index (χ2n) is 8.81. The van der Waals surface area contributed by atoms with Gasteiger partial charge in [0.25, 0.3) is 0 Å². The number of allylic oxidation sites excluding steroid dienone is 2. The molecular formula is C24H38N2O5. The number of aliphatic hydroxyl groups excluding tert-OH is 1. The molecule has 2 fully saturated rings. The number of hydrogen-bond acceptors (Lipinski definition) is 5. The predicted octanol–water partition coefficient (Wildman–Crippen LogP) is 2.88. The summed E-state index contributed by atoms with van der Waals surface area (Å²) >= 11 is 0. The number of rotatable bonds is 13. The Kier molecular flexibility index (Phi) is 10.2. The molecule has 1 aliphatic carbocycles. The second kappa shape index (κ2) is 12.6. The third-order valence-corrected chi connectivity index (χ3v) is 6.40. The van der Waals surface area contributed by atoms with Gasteiger partial charge < -0.3 is 20.1 Å². The molecule has 2 N–H and O–H groups in total. The standard InChI is InChI=1S/C24H38N2O5/c1-3-5-6-12-22(29)31-18-24(13-7-8-14-24)25-23(30)19(10-4-2)16-21(28)26-15-9-11-20(26)17-27/h3-4,19-20,27H,1-2,5-18H2,(H,25,30). The van der Waals surface area contributed by atoms with Crippen LogP contribution in [0.5, 0.6) is 0 Å². The van der Waals surface area contributed by atoms with E-state index < -0.39 is 11.5 Å². The average Bonchev–Trinajstić information content (AvgIpc) is 3.42. The molecule has 0 spiro atoms. The van der Waals surface area contributed by atoms with Crippen molar-refractivity contribution in [1.82, 2.24) is 10.2 Å². The first-order chi connectivity index (χ1) is 14.9. The smallest absolute Gasteiger partial charge is 0.305 e. The summed E-state index contributed by atoms with van der Waals surface area (Å²) in [5.41, 5.74) is -0.561. The molecular weight excluding hydrogens is 396 g/mol. The maximum Gasteiger partial charge on any atom is 0.305 e. The molecule has 7 nitrogen and oxygen atoms in total. The van der Waals surface area contributed by atoms with Crippen molar-refractivity contribution in [1.29, 1.82) is 0 Å². The van der Waals surface area contributed by atoms with E-state index in [0.717, 1.165) is 44.9 Å². The van der Waals surface area contributed by atoms with Crippen LogP contribution in [0.4, 0.5) is 0 Å². The fourth-order valence-corrected chi connectivity index (χ4v) is 4.57. The van der Waals surface area contributed by atoms with Crippen molar-refractivity contribution in [2.24, 2.45) is 5.92 Å².